The Balaban J connectivity index is 2.83. The fraction of sp³-hybridized carbons (Fsp3) is 0.455. The zero-order valence-electron chi connectivity index (χ0n) is 9.74. The fourth-order valence-electron chi connectivity index (χ4n) is 1.46. The molecule has 1 aromatic rings. The average molecular weight is 260 g/mol. The number of hydrogen-bond donors (Lipinski definition) is 2. The van der Waals surface area contributed by atoms with E-state index in [1.165, 1.54) is 12.1 Å². The monoisotopic (exact) mass is 260 g/mol. The van der Waals surface area contributed by atoms with Crippen molar-refractivity contribution in [1.29, 1.82) is 0 Å². The van der Waals surface area contributed by atoms with Gasteiger partial charge < -0.3 is 5.73 Å². The molecule has 0 aliphatic heterocycles. The van der Waals surface area contributed by atoms with E-state index in [4.69, 9.17) is 5.73 Å². The van der Waals surface area contributed by atoms with Crippen LogP contribution in [0.5, 0.6) is 0 Å². The van der Waals surface area contributed by atoms with Gasteiger partial charge in [0.05, 0.1) is 5.69 Å². The molecule has 0 heterocycles. The number of nitrogens with two attached hydrogens (primary N) is 1. The molecule has 0 radical (unpaired) electrons. The van der Waals surface area contributed by atoms with Crippen LogP contribution in [0, 0.1) is 5.82 Å². The van der Waals surface area contributed by atoms with Crippen molar-refractivity contribution in [2.75, 3.05) is 12.3 Å². The van der Waals surface area contributed by atoms with Crippen LogP contribution in [0.2, 0.25) is 0 Å². The van der Waals surface area contributed by atoms with Gasteiger partial charge in [0.25, 0.3) is 0 Å². The highest BCUT2D eigenvalue weighted by Gasteiger charge is 2.21. The molecule has 3 N–H and O–H groups in total. The van der Waals surface area contributed by atoms with Gasteiger partial charge in [-0.1, -0.05) is 25.8 Å². The summed E-state index contributed by atoms with van der Waals surface area (Å²) in [6.45, 7) is 2.31. The zero-order valence-corrected chi connectivity index (χ0v) is 10.6. The smallest absolute Gasteiger partial charge is 0.245 e. The second kappa shape index (κ2) is 5.97. The van der Waals surface area contributed by atoms with E-state index in [0.717, 1.165) is 25.3 Å². The van der Waals surface area contributed by atoms with Crippen molar-refractivity contribution < 1.29 is 12.8 Å². The van der Waals surface area contributed by atoms with E-state index < -0.39 is 20.7 Å². The van der Waals surface area contributed by atoms with Crippen LogP contribution < -0.4 is 10.5 Å². The fourth-order valence-corrected chi connectivity index (χ4v) is 2.72. The summed E-state index contributed by atoms with van der Waals surface area (Å²) < 4.78 is 39.4. The van der Waals surface area contributed by atoms with Gasteiger partial charge in [0.2, 0.25) is 10.0 Å². The predicted octanol–water partition coefficient (Wildman–Crippen LogP) is 1.88. The Morgan fingerprint density at radius 2 is 2.06 bits per heavy atom. The standard InChI is InChI=1S/C11H17FN2O2S/c1-2-3-4-8-14-17(15,16)11-9(12)6-5-7-10(11)13/h5-7,14H,2-4,8,13H2,1H3. The van der Waals surface area contributed by atoms with E-state index in [0.29, 0.717) is 6.54 Å². The van der Waals surface area contributed by atoms with Gasteiger partial charge in [-0.15, -0.1) is 0 Å². The lowest BCUT2D eigenvalue weighted by Crippen LogP contribution is -2.26. The highest BCUT2D eigenvalue weighted by Crippen LogP contribution is 2.21. The van der Waals surface area contributed by atoms with Crippen LogP contribution in [0.25, 0.3) is 0 Å². The van der Waals surface area contributed by atoms with Crippen LogP contribution in [0.4, 0.5) is 10.1 Å². The second-order valence-electron chi connectivity index (χ2n) is 3.76. The largest absolute Gasteiger partial charge is 0.398 e. The summed E-state index contributed by atoms with van der Waals surface area (Å²) in [5.41, 5.74) is 5.40. The lowest BCUT2D eigenvalue weighted by atomic mass is 10.3. The van der Waals surface area contributed by atoms with E-state index in [-0.39, 0.29) is 5.69 Å². The first kappa shape index (κ1) is 13.9. The first-order valence-electron chi connectivity index (χ1n) is 5.52. The molecular weight excluding hydrogens is 243 g/mol. The van der Waals surface area contributed by atoms with E-state index in [1.54, 1.807) is 0 Å². The van der Waals surface area contributed by atoms with Crippen LogP contribution in [0.3, 0.4) is 0 Å². The van der Waals surface area contributed by atoms with Gasteiger partial charge in [-0.05, 0) is 18.6 Å². The zero-order chi connectivity index (χ0) is 12.9. The van der Waals surface area contributed by atoms with E-state index in [1.807, 2.05) is 6.92 Å². The number of rotatable bonds is 6. The number of benzene rings is 1. The van der Waals surface area contributed by atoms with E-state index in [2.05, 4.69) is 4.72 Å². The van der Waals surface area contributed by atoms with Crippen molar-refractivity contribution in [2.45, 2.75) is 31.1 Å². The topological polar surface area (TPSA) is 72.2 Å². The first-order valence-corrected chi connectivity index (χ1v) is 7.01. The number of sulfonamides is 1. The molecule has 96 valence electrons. The van der Waals surface area contributed by atoms with Crippen LogP contribution in [-0.4, -0.2) is 15.0 Å². The molecule has 0 unspecified atom stereocenters. The molecule has 0 atom stereocenters. The number of hydrogen-bond acceptors (Lipinski definition) is 3. The summed E-state index contributed by atoms with van der Waals surface area (Å²) in [4.78, 5) is -0.462. The first-order chi connectivity index (χ1) is 7.99. The molecule has 4 nitrogen and oxygen atoms in total. The van der Waals surface area contributed by atoms with Gasteiger partial charge in [-0.2, -0.15) is 0 Å². The molecule has 0 bridgehead atoms. The van der Waals surface area contributed by atoms with Gasteiger partial charge in [0.15, 0.2) is 0 Å². The number of halogens is 1. The third-order valence-electron chi connectivity index (χ3n) is 2.34. The highest BCUT2D eigenvalue weighted by atomic mass is 32.2. The number of anilines is 1. The van der Waals surface area contributed by atoms with E-state index in [9.17, 15) is 12.8 Å². The Kier molecular flexibility index (Phi) is 4.89. The number of unbranched alkanes of at least 4 members (excludes halogenated alkanes) is 2. The normalized spacial score (nSPS) is 11.6. The lowest BCUT2D eigenvalue weighted by Gasteiger charge is -2.09. The Labute approximate surface area is 101 Å². The molecule has 0 saturated heterocycles. The molecule has 0 aliphatic carbocycles. The maximum atomic E-state index is 13.4. The van der Waals surface area contributed by atoms with Gasteiger partial charge in [0.1, 0.15) is 10.7 Å². The Bertz CT molecular complexity index is 454. The summed E-state index contributed by atoms with van der Waals surface area (Å²) in [6, 6.07) is 3.82. The third-order valence-corrected chi connectivity index (χ3v) is 3.89. The molecule has 0 saturated carbocycles. The van der Waals surface area contributed by atoms with Crippen molar-refractivity contribution >= 4 is 15.7 Å². The van der Waals surface area contributed by atoms with Crippen LogP contribution >= 0.6 is 0 Å². The highest BCUT2D eigenvalue weighted by molar-refractivity contribution is 7.89. The molecule has 0 fully saturated rings. The molecule has 0 amide bonds. The molecule has 1 rings (SSSR count). The number of nitrogens with one attached hydrogen (secondary N) is 1. The van der Waals surface area contributed by atoms with Crippen molar-refractivity contribution in [3.05, 3.63) is 24.0 Å². The second-order valence-corrected chi connectivity index (χ2v) is 5.47. The Morgan fingerprint density at radius 3 is 2.65 bits per heavy atom. The van der Waals surface area contributed by atoms with Crippen LogP contribution in [0.1, 0.15) is 26.2 Å². The summed E-state index contributed by atoms with van der Waals surface area (Å²) >= 11 is 0. The van der Waals surface area contributed by atoms with E-state index >= 15 is 0 Å². The maximum Gasteiger partial charge on any atom is 0.245 e. The number of nitrogen functional groups attached to an aromatic ring is 1. The van der Waals surface area contributed by atoms with Gasteiger partial charge >= 0.3 is 0 Å². The summed E-state index contributed by atoms with van der Waals surface area (Å²) in [6.07, 6.45) is 2.64. The molecule has 0 aliphatic rings. The Morgan fingerprint density at radius 1 is 1.35 bits per heavy atom. The minimum atomic E-state index is -3.85. The molecule has 6 heteroatoms. The SMILES string of the molecule is CCCCCNS(=O)(=O)c1c(N)cccc1F. The predicted molar refractivity (Wildman–Crippen MR) is 65.5 cm³/mol. The molecule has 0 aromatic heterocycles. The summed E-state index contributed by atoms with van der Waals surface area (Å²) in [7, 11) is -3.85. The maximum absolute atomic E-state index is 13.4. The third kappa shape index (κ3) is 3.67. The van der Waals surface area contributed by atoms with Crippen molar-refractivity contribution in [2.24, 2.45) is 0 Å². The minimum absolute atomic E-state index is 0.0759. The van der Waals surface area contributed by atoms with Crippen molar-refractivity contribution in [3.63, 3.8) is 0 Å². The summed E-state index contributed by atoms with van der Waals surface area (Å²) in [5, 5.41) is 0. The van der Waals surface area contributed by atoms with Crippen molar-refractivity contribution in [3.8, 4) is 0 Å². The quantitative estimate of drug-likeness (QED) is 0.606. The van der Waals surface area contributed by atoms with Crippen molar-refractivity contribution in [1.82, 2.24) is 4.72 Å². The minimum Gasteiger partial charge on any atom is -0.398 e. The average Bonchev–Trinajstić information content (AvgIpc) is 2.24. The molecule has 0 spiro atoms. The summed E-state index contributed by atoms with van der Waals surface area (Å²) in [5.74, 6) is -0.826. The van der Waals surface area contributed by atoms with Gasteiger partial charge in [-0.3, -0.25) is 0 Å². The molecule has 1 aromatic carbocycles. The van der Waals surface area contributed by atoms with Crippen LogP contribution in [-0.2, 0) is 10.0 Å². The molecule has 17 heavy (non-hydrogen) atoms. The lowest BCUT2D eigenvalue weighted by molar-refractivity contribution is 0.555. The Hall–Kier alpha value is -1.14. The molecular formula is C11H17FN2O2S. The van der Waals surface area contributed by atoms with Gasteiger partial charge in [0, 0.05) is 6.54 Å². The van der Waals surface area contributed by atoms with Gasteiger partial charge in [-0.25, -0.2) is 17.5 Å². The van der Waals surface area contributed by atoms with Crippen LogP contribution in [0.15, 0.2) is 23.1 Å².